The molecule has 6 heteroatoms. The van der Waals surface area contributed by atoms with Crippen LogP contribution in [0.2, 0.25) is 0 Å². The minimum atomic E-state index is -0.0497. The van der Waals surface area contributed by atoms with Crippen molar-refractivity contribution in [3.63, 3.8) is 0 Å². The predicted molar refractivity (Wildman–Crippen MR) is 91.6 cm³/mol. The lowest BCUT2D eigenvalue weighted by atomic mass is 9.81. The molecule has 1 aliphatic heterocycles. The lowest BCUT2D eigenvalue weighted by Crippen LogP contribution is -2.40. The van der Waals surface area contributed by atoms with E-state index in [-0.39, 0.29) is 11.3 Å². The number of aromatic nitrogens is 2. The van der Waals surface area contributed by atoms with Gasteiger partial charge in [-0.05, 0) is 37.6 Å². The Labute approximate surface area is 140 Å². The topological polar surface area (TPSA) is 58.1 Å². The van der Waals surface area contributed by atoms with Gasteiger partial charge in [-0.15, -0.1) is 11.3 Å². The number of carbonyl (C=O) groups excluding carboxylic acids is 1. The highest BCUT2D eigenvalue weighted by Gasteiger charge is 2.34. The molecule has 0 aromatic carbocycles. The Balaban J connectivity index is 1.63. The van der Waals surface area contributed by atoms with Crippen LogP contribution in [0.3, 0.4) is 0 Å². The van der Waals surface area contributed by atoms with Crippen molar-refractivity contribution in [1.29, 1.82) is 0 Å². The first-order chi connectivity index (χ1) is 11.1. The molecule has 1 amide bonds. The highest BCUT2D eigenvalue weighted by Crippen LogP contribution is 2.37. The van der Waals surface area contributed by atoms with Gasteiger partial charge in [0.25, 0.3) is 5.91 Å². The third-order valence-electron chi connectivity index (χ3n) is 4.56. The van der Waals surface area contributed by atoms with Gasteiger partial charge in [0, 0.05) is 31.4 Å². The Hall–Kier alpha value is -1.79. The summed E-state index contributed by atoms with van der Waals surface area (Å²) in [4.78, 5) is 23.6. The standard InChI is InChI=1S/C17H22N4OS/c1-17(16-20-11-14(23-16)15(22)18-2)5-8-21(9-6-17)12-13-4-3-7-19-10-13/h3-4,7,10-11H,5-6,8-9,12H2,1-2H3,(H,18,22). The van der Waals surface area contributed by atoms with Gasteiger partial charge in [0.05, 0.1) is 11.2 Å². The maximum Gasteiger partial charge on any atom is 0.262 e. The van der Waals surface area contributed by atoms with Crippen LogP contribution in [0.5, 0.6) is 0 Å². The van der Waals surface area contributed by atoms with E-state index in [0.29, 0.717) is 4.88 Å². The maximum atomic E-state index is 11.7. The Kier molecular flexibility index (Phi) is 4.73. The molecule has 1 aliphatic rings. The van der Waals surface area contributed by atoms with Crippen molar-refractivity contribution in [2.24, 2.45) is 0 Å². The first-order valence-electron chi connectivity index (χ1n) is 7.90. The SMILES string of the molecule is CNC(=O)c1cnc(C2(C)CCN(Cc3cccnc3)CC2)s1. The van der Waals surface area contributed by atoms with Crippen LogP contribution in [0.25, 0.3) is 0 Å². The minimum absolute atomic E-state index is 0.0497. The Morgan fingerprint density at radius 3 is 2.83 bits per heavy atom. The van der Waals surface area contributed by atoms with Crippen LogP contribution in [-0.2, 0) is 12.0 Å². The fourth-order valence-corrected chi connectivity index (χ4v) is 4.01. The molecular weight excluding hydrogens is 308 g/mol. The molecule has 3 rings (SSSR count). The molecule has 5 nitrogen and oxygen atoms in total. The fourth-order valence-electron chi connectivity index (χ4n) is 2.95. The number of hydrogen-bond donors (Lipinski definition) is 1. The zero-order chi connectivity index (χ0) is 16.3. The zero-order valence-corrected chi connectivity index (χ0v) is 14.4. The number of pyridine rings is 1. The van der Waals surface area contributed by atoms with Crippen molar-refractivity contribution < 1.29 is 4.79 Å². The summed E-state index contributed by atoms with van der Waals surface area (Å²) in [5.74, 6) is -0.0497. The Morgan fingerprint density at radius 2 is 2.17 bits per heavy atom. The summed E-state index contributed by atoms with van der Waals surface area (Å²) in [6, 6.07) is 4.11. The van der Waals surface area contributed by atoms with Crippen LogP contribution in [-0.4, -0.2) is 40.9 Å². The molecule has 0 spiro atoms. The molecule has 0 bridgehead atoms. The molecule has 0 aliphatic carbocycles. The van der Waals surface area contributed by atoms with Crippen molar-refractivity contribution in [2.45, 2.75) is 31.7 Å². The summed E-state index contributed by atoms with van der Waals surface area (Å²) in [7, 11) is 1.65. The van der Waals surface area contributed by atoms with E-state index in [1.54, 1.807) is 13.2 Å². The maximum absolute atomic E-state index is 11.7. The highest BCUT2D eigenvalue weighted by molar-refractivity contribution is 7.13. The van der Waals surface area contributed by atoms with Gasteiger partial charge in [-0.2, -0.15) is 0 Å². The largest absolute Gasteiger partial charge is 0.354 e. The molecular formula is C17H22N4OS. The second-order valence-electron chi connectivity index (χ2n) is 6.31. The molecule has 23 heavy (non-hydrogen) atoms. The normalized spacial score (nSPS) is 17.8. The van der Waals surface area contributed by atoms with Crippen molar-refractivity contribution in [2.75, 3.05) is 20.1 Å². The number of rotatable bonds is 4. The first kappa shape index (κ1) is 16.1. The number of likely N-dealkylation sites (tertiary alicyclic amines) is 1. The van der Waals surface area contributed by atoms with Gasteiger partial charge < -0.3 is 5.32 Å². The van der Waals surface area contributed by atoms with Crippen LogP contribution in [0, 0.1) is 0 Å². The molecule has 1 N–H and O–H groups in total. The minimum Gasteiger partial charge on any atom is -0.354 e. The van der Waals surface area contributed by atoms with Crippen molar-refractivity contribution >= 4 is 17.2 Å². The highest BCUT2D eigenvalue weighted by atomic mass is 32.1. The molecule has 0 atom stereocenters. The molecule has 0 unspecified atom stereocenters. The molecule has 2 aromatic rings. The average Bonchev–Trinajstić information content (AvgIpc) is 3.08. The van der Waals surface area contributed by atoms with Gasteiger partial charge in [0.15, 0.2) is 0 Å². The van der Waals surface area contributed by atoms with Crippen LogP contribution in [0.1, 0.15) is 40.0 Å². The lowest BCUT2D eigenvalue weighted by molar-refractivity contribution is 0.0967. The van der Waals surface area contributed by atoms with Crippen molar-refractivity contribution in [1.82, 2.24) is 20.2 Å². The van der Waals surface area contributed by atoms with E-state index in [0.717, 1.165) is 37.5 Å². The number of amides is 1. The summed E-state index contributed by atoms with van der Waals surface area (Å²) in [6.45, 7) is 5.30. The lowest BCUT2D eigenvalue weighted by Gasteiger charge is -2.38. The van der Waals surface area contributed by atoms with Crippen LogP contribution >= 0.6 is 11.3 Å². The number of nitrogens with one attached hydrogen (secondary N) is 1. The van der Waals surface area contributed by atoms with Gasteiger partial charge in [0.2, 0.25) is 0 Å². The van der Waals surface area contributed by atoms with E-state index in [1.807, 2.05) is 18.5 Å². The van der Waals surface area contributed by atoms with E-state index < -0.39 is 0 Å². The molecule has 122 valence electrons. The summed E-state index contributed by atoms with van der Waals surface area (Å²) in [5, 5.41) is 3.74. The summed E-state index contributed by atoms with van der Waals surface area (Å²) in [5.41, 5.74) is 1.33. The van der Waals surface area contributed by atoms with E-state index in [2.05, 4.69) is 33.2 Å². The van der Waals surface area contributed by atoms with E-state index in [1.165, 1.54) is 16.9 Å². The third kappa shape index (κ3) is 3.59. The van der Waals surface area contributed by atoms with Gasteiger partial charge >= 0.3 is 0 Å². The van der Waals surface area contributed by atoms with Crippen LogP contribution < -0.4 is 5.32 Å². The predicted octanol–water partition coefficient (Wildman–Crippen LogP) is 2.45. The smallest absolute Gasteiger partial charge is 0.262 e. The number of thiazole rings is 1. The number of carbonyl (C=O) groups is 1. The molecule has 3 heterocycles. The Bertz CT molecular complexity index is 662. The van der Waals surface area contributed by atoms with Crippen molar-refractivity contribution in [3.8, 4) is 0 Å². The monoisotopic (exact) mass is 330 g/mol. The second-order valence-corrected chi connectivity index (χ2v) is 7.34. The number of hydrogen-bond acceptors (Lipinski definition) is 5. The summed E-state index contributed by atoms with van der Waals surface area (Å²) >= 11 is 1.52. The second kappa shape index (κ2) is 6.76. The van der Waals surface area contributed by atoms with Crippen molar-refractivity contribution in [3.05, 3.63) is 46.2 Å². The summed E-state index contributed by atoms with van der Waals surface area (Å²) < 4.78 is 0. The molecule has 2 aromatic heterocycles. The number of piperidine rings is 1. The van der Waals surface area contributed by atoms with Gasteiger partial charge in [-0.3, -0.25) is 14.7 Å². The van der Waals surface area contributed by atoms with Crippen LogP contribution in [0.15, 0.2) is 30.7 Å². The van der Waals surface area contributed by atoms with Gasteiger partial charge in [-0.1, -0.05) is 13.0 Å². The number of nitrogens with zero attached hydrogens (tertiary/aromatic N) is 3. The molecule has 1 saturated heterocycles. The zero-order valence-electron chi connectivity index (χ0n) is 13.6. The van der Waals surface area contributed by atoms with Gasteiger partial charge in [-0.25, -0.2) is 4.98 Å². The summed E-state index contributed by atoms with van der Waals surface area (Å²) in [6.07, 6.45) is 7.57. The van der Waals surface area contributed by atoms with E-state index in [4.69, 9.17) is 0 Å². The average molecular weight is 330 g/mol. The third-order valence-corrected chi connectivity index (χ3v) is 5.86. The van der Waals surface area contributed by atoms with E-state index in [9.17, 15) is 4.79 Å². The molecule has 1 fully saturated rings. The van der Waals surface area contributed by atoms with Gasteiger partial charge in [0.1, 0.15) is 4.88 Å². The fraction of sp³-hybridized carbons (Fsp3) is 0.471. The molecule has 0 saturated carbocycles. The molecule has 0 radical (unpaired) electrons. The first-order valence-corrected chi connectivity index (χ1v) is 8.72. The Morgan fingerprint density at radius 1 is 1.39 bits per heavy atom. The van der Waals surface area contributed by atoms with E-state index >= 15 is 0 Å². The quantitative estimate of drug-likeness (QED) is 0.935. The van der Waals surface area contributed by atoms with Crippen LogP contribution in [0.4, 0.5) is 0 Å².